The number of rotatable bonds is 8. The summed E-state index contributed by atoms with van der Waals surface area (Å²) in [6.07, 6.45) is 3.39. The molecule has 0 atom stereocenters. The maximum Gasteiger partial charge on any atom is 0.226 e. The standard InChI is InChI=1S/C24H32N2O3.ClH/c1-4-24(27)26(19-9-6-5-7-10-19)20-13-16-25(17-14-20)18-15-21-22(28-2)11-8-12-23(21)29-3;/h5-12,20H,4,13-18H2,1-3H3;1H. The lowest BCUT2D eigenvalue weighted by atomic mass is 10.0. The molecule has 0 spiro atoms. The van der Waals surface area contributed by atoms with Crippen molar-refractivity contribution < 1.29 is 14.3 Å². The first-order valence-corrected chi connectivity index (χ1v) is 10.5. The summed E-state index contributed by atoms with van der Waals surface area (Å²) < 4.78 is 11.0. The van der Waals surface area contributed by atoms with Gasteiger partial charge in [-0.1, -0.05) is 31.2 Å². The van der Waals surface area contributed by atoms with Crippen LogP contribution in [0.2, 0.25) is 0 Å². The lowest BCUT2D eigenvalue weighted by Gasteiger charge is -2.38. The van der Waals surface area contributed by atoms with Crippen molar-refractivity contribution in [3.05, 3.63) is 54.1 Å². The number of hydrogen-bond donors (Lipinski definition) is 0. The van der Waals surface area contributed by atoms with E-state index in [1.54, 1.807) is 14.2 Å². The molecule has 30 heavy (non-hydrogen) atoms. The molecule has 0 aromatic heterocycles. The number of ether oxygens (including phenoxy) is 2. The number of nitrogens with zero attached hydrogens (tertiary/aromatic N) is 2. The molecule has 2 aromatic carbocycles. The van der Waals surface area contributed by atoms with Gasteiger partial charge in [-0.05, 0) is 43.5 Å². The van der Waals surface area contributed by atoms with Crippen LogP contribution >= 0.6 is 12.4 Å². The minimum Gasteiger partial charge on any atom is -0.496 e. The number of piperidine rings is 1. The van der Waals surface area contributed by atoms with Crippen LogP contribution in [0.15, 0.2) is 48.5 Å². The predicted octanol–water partition coefficient (Wildman–Crippen LogP) is 4.58. The molecular formula is C24H33ClN2O3. The fraction of sp³-hybridized carbons (Fsp3) is 0.458. The largest absolute Gasteiger partial charge is 0.496 e. The first kappa shape index (κ1) is 24.0. The molecule has 0 radical (unpaired) electrons. The fourth-order valence-electron chi connectivity index (χ4n) is 4.16. The normalized spacial score (nSPS) is 14.6. The van der Waals surface area contributed by atoms with Crippen LogP contribution in [0.4, 0.5) is 5.69 Å². The van der Waals surface area contributed by atoms with Crippen molar-refractivity contribution in [2.24, 2.45) is 0 Å². The molecule has 5 nitrogen and oxygen atoms in total. The highest BCUT2D eigenvalue weighted by Crippen LogP contribution is 2.30. The molecule has 0 unspecified atom stereocenters. The highest BCUT2D eigenvalue weighted by Gasteiger charge is 2.28. The molecule has 1 saturated heterocycles. The van der Waals surface area contributed by atoms with E-state index < -0.39 is 0 Å². The summed E-state index contributed by atoms with van der Waals surface area (Å²) in [6, 6.07) is 16.3. The van der Waals surface area contributed by atoms with E-state index in [2.05, 4.69) is 4.90 Å². The SMILES string of the molecule is CCC(=O)N(c1ccccc1)C1CCN(CCc2c(OC)cccc2OC)CC1.Cl. The summed E-state index contributed by atoms with van der Waals surface area (Å²) in [6.45, 7) is 4.87. The van der Waals surface area contributed by atoms with Crippen molar-refractivity contribution in [3.63, 3.8) is 0 Å². The number of amides is 1. The van der Waals surface area contributed by atoms with Gasteiger partial charge in [0.2, 0.25) is 5.91 Å². The molecule has 2 aromatic rings. The average molecular weight is 433 g/mol. The quantitative estimate of drug-likeness (QED) is 0.612. The van der Waals surface area contributed by atoms with Crippen LogP contribution in [0.25, 0.3) is 0 Å². The summed E-state index contributed by atoms with van der Waals surface area (Å²) in [5.41, 5.74) is 2.13. The van der Waals surface area contributed by atoms with E-state index in [0.717, 1.165) is 61.6 Å². The maximum absolute atomic E-state index is 12.6. The van der Waals surface area contributed by atoms with Gasteiger partial charge in [0.05, 0.1) is 14.2 Å². The molecular weight excluding hydrogens is 400 g/mol. The Hall–Kier alpha value is -2.24. The van der Waals surface area contributed by atoms with E-state index in [0.29, 0.717) is 6.42 Å². The van der Waals surface area contributed by atoms with Gasteiger partial charge in [0.1, 0.15) is 11.5 Å². The highest BCUT2D eigenvalue weighted by molar-refractivity contribution is 5.93. The molecule has 1 fully saturated rings. The van der Waals surface area contributed by atoms with Gasteiger partial charge in [-0.25, -0.2) is 0 Å². The van der Waals surface area contributed by atoms with Crippen LogP contribution < -0.4 is 14.4 Å². The summed E-state index contributed by atoms with van der Waals surface area (Å²) >= 11 is 0. The number of hydrogen-bond acceptors (Lipinski definition) is 4. The Bertz CT molecular complexity index is 770. The number of likely N-dealkylation sites (tertiary alicyclic amines) is 1. The molecule has 1 aliphatic rings. The van der Waals surface area contributed by atoms with Crippen molar-refractivity contribution in [2.45, 2.75) is 38.6 Å². The lowest BCUT2D eigenvalue weighted by molar-refractivity contribution is -0.119. The van der Waals surface area contributed by atoms with Crippen LogP contribution in [0.5, 0.6) is 11.5 Å². The molecule has 1 heterocycles. The number of para-hydroxylation sites is 1. The topological polar surface area (TPSA) is 42.0 Å². The van der Waals surface area contributed by atoms with Gasteiger partial charge < -0.3 is 19.3 Å². The summed E-state index contributed by atoms with van der Waals surface area (Å²) in [7, 11) is 3.40. The number of benzene rings is 2. The summed E-state index contributed by atoms with van der Waals surface area (Å²) in [5, 5.41) is 0. The van der Waals surface area contributed by atoms with Crippen LogP contribution in [0, 0.1) is 0 Å². The van der Waals surface area contributed by atoms with E-state index >= 15 is 0 Å². The summed E-state index contributed by atoms with van der Waals surface area (Å²) in [5.74, 6) is 1.96. The van der Waals surface area contributed by atoms with Crippen molar-refractivity contribution in [1.82, 2.24) is 4.90 Å². The van der Waals surface area contributed by atoms with E-state index in [1.807, 2.05) is 60.4 Å². The van der Waals surface area contributed by atoms with Gasteiger partial charge in [-0.2, -0.15) is 0 Å². The van der Waals surface area contributed by atoms with Gasteiger partial charge in [-0.3, -0.25) is 4.79 Å². The molecule has 164 valence electrons. The average Bonchev–Trinajstić information content (AvgIpc) is 2.79. The van der Waals surface area contributed by atoms with Crippen LogP contribution in [-0.4, -0.2) is 50.7 Å². The third-order valence-electron chi connectivity index (χ3n) is 5.74. The minimum absolute atomic E-state index is 0. The molecule has 1 amide bonds. The molecule has 6 heteroatoms. The number of halogens is 1. The fourth-order valence-corrected chi connectivity index (χ4v) is 4.16. The van der Waals surface area contributed by atoms with Gasteiger partial charge in [0.25, 0.3) is 0 Å². The van der Waals surface area contributed by atoms with E-state index in [4.69, 9.17) is 9.47 Å². The zero-order chi connectivity index (χ0) is 20.6. The molecule has 0 bridgehead atoms. The Morgan fingerprint density at radius 2 is 1.60 bits per heavy atom. The van der Waals surface area contributed by atoms with Crippen molar-refractivity contribution in [2.75, 3.05) is 38.8 Å². The predicted molar refractivity (Wildman–Crippen MR) is 124 cm³/mol. The second kappa shape index (κ2) is 11.8. The monoisotopic (exact) mass is 432 g/mol. The third kappa shape index (κ3) is 5.67. The Morgan fingerprint density at radius 3 is 2.13 bits per heavy atom. The smallest absolute Gasteiger partial charge is 0.226 e. The highest BCUT2D eigenvalue weighted by atomic mass is 35.5. The third-order valence-corrected chi connectivity index (χ3v) is 5.74. The molecule has 0 saturated carbocycles. The zero-order valence-corrected chi connectivity index (χ0v) is 19.0. The van der Waals surface area contributed by atoms with Crippen molar-refractivity contribution in [1.29, 1.82) is 0 Å². The first-order valence-electron chi connectivity index (χ1n) is 10.5. The second-order valence-corrected chi connectivity index (χ2v) is 7.42. The second-order valence-electron chi connectivity index (χ2n) is 7.42. The van der Waals surface area contributed by atoms with Crippen LogP contribution in [-0.2, 0) is 11.2 Å². The first-order chi connectivity index (χ1) is 14.2. The van der Waals surface area contributed by atoms with Crippen molar-refractivity contribution in [3.8, 4) is 11.5 Å². The van der Waals surface area contributed by atoms with Crippen LogP contribution in [0.1, 0.15) is 31.7 Å². The van der Waals surface area contributed by atoms with Gasteiger partial charge in [0, 0.05) is 43.3 Å². The molecule has 1 aliphatic heterocycles. The van der Waals surface area contributed by atoms with Gasteiger partial charge >= 0.3 is 0 Å². The van der Waals surface area contributed by atoms with Gasteiger partial charge in [-0.15, -0.1) is 12.4 Å². The van der Waals surface area contributed by atoms with Gasteiger partial charge in [0.15, 0.2) is 0 Å². The van der Waals surface area contributed by atoms with Crippen LogP contribution in [0.3, 0.4) is 0 Å². The van der Waals surface area contributed by atoms with Crippen molar-refractivity contribution >= 4 is 24.0 Å². The number of carbonyl (C=O) groups excluding carboxylic acids is 1. The summed E-state index contributed by atoms with van der Waals surface area (Å²) in [4.78, 5) is 17.1. The minimum atomic E-state index is 0. The maximum atomic E-state index is 12.6. The molecule has 0 N–H and O–H groups in total. The Labute approximate surface area is 186 Å². The van der Waals surface area contributed by atoms with E-state index in [9.17, 15) is 4.79 Å². The zero-order valence-electron chi connectivity index (χ0n) is 18.2. The lowest BCUT2D eigenvalue weighted by Crippen LogP contribution is -2.47. The molecule has 3 rings (SSSR count). The number of carbonyl (C=O) groups is 1. The number of methoxy groups -OCH3 is 2. The Balaban J connectivity index is 0.00000320. The van der Waals surface area contributed by atoms with E-state index in [-0.39, 0.29) is 24.4 Å². The number of anilines is 1. The Kier molecular flexibility index (Phi) is 9.47. The molecule has 0 aliphatic carbocycles. The Morgan fingerprint density at radius 1 is 1.00 bits per heavy atom. The van der Waals surface area contributed by atoms with E-state index in [1.165, 1.54) is 0 Å².